The molecule has 0 aliphatic carbocycles. The Bertz CT molecular complexity index is 1380. The third kappa shape index (κ3) is 7.04. The van der Waals surface area contributed by atoms with Crippen LogP contribution in [0.4, 0.5) is 5.69 Å². The lowest BCUT2D eigenvalue weighted by Gasteiger charge is -2.14. The van der Waals surface area contributed by atoms with Gasteiger partial charge in [-0.1, -0.05) is 41.9 Å². The number of phenols is 1. The highest BCUT2D eigenvalue weighted by atomic mass is 35.5. The van der Waals surface area contributed by atoms with Crippen LogP contribution in [0, 0.1) is 0 Å². The van der Waals surface area contributed by atoms with Crippen molar-refractivity contribution in [2.45, 2.75) is 12.5 Å². The monoisotopic (exact) mass is 532 g/mol. The third-order valence-corrected chi connectivity index (χ3v) is 6.25. The van der Waals surface area contributed by atoms with Crippen LogP contribution in [0.3, 0.4) is 0 Å². The van der Waals surface area contributed by atoms with E-state index in [1.807, 2.05) is 66.7 Å². The Labute approximate surface area is 226 Å². The Hall–Kier alpha value is -4.04. The molecule has 0 radical (unpaired) electrons. The molecule has 0 saturated heterocycles. The van der Waals surface area contributed by atoms with Gasteiger partial charge in [0.2, 0.25) is 6.41 Å². The van der Waals surface area contributed by atoms with E-state index in [-0.39, 0.29) is 11.4 Å². The molecule has 8 heteroatoms. The van der Waals surface area contributed by atoms with Crippen molar-refractivity contribution in [2.75, 3.05) is 25.5 Å². The van der Waals surface area contributed by atoms with Gasteiger partial charge < -0.3 is 30.3 Å². The molecule has 4 N–H and O–H groups in total. The number of rotatable bonds is 12. The Kier molecular flexibility index (Phi) is 9.21. The van der Waals surface area contributed by atoms with E-state index < -0.39 is 6.10 Å². The molecule has 7 nitrogen and oxygen atoms in total. The second-order valence-electron chi connectivity index (χ2n) is 8.63. The number of nitrogens with one attached hydrogen (secondary N) is 2. The first-order valence-electron chi connectivity index (χ1n) is 12.1. The molecule has 1 amide bonds. The summed E-state index contributed by atoms with van der Waals surface area (Å²) in [4.78, 5) is 10.7. The lowest BCUT2D eigenvalue weighted by atomic mass is 10.0. The van der Waals surface area contributed by atoms with Gasteiger partial charge in [-0.15, -0.1) is 0 Å². The quantitative estimate of drug-likeness (QED) is 0.102. The Morgan fingerprint density at radius 2 is 1.76 bits per heavy atom. The summed E-state index contributed by atoms with van der Waals surface area (Å²) in [5.74, 6) is 2.08. The second kappa shape index (κ2) is 13.0. The first-order valence-corrected chi connectivity index (χ1v) is 12.5. The van der Waals surface area contributed by atoms with Gasteiger partial charge in [0.1, 0.15) is 23.0 Å². The summed E-state index contributed by atoms with van der Waals surface area (Å²) in [6.45, 7) is 0.995. The molecular formula is C30H29ClN2O5. The van der Waals surface area contributed by atoms with E-state index in [4.69, 9.17) is 21.1 Å². The maximum atomic E-state index is 10.7. The average molecular weight is 533 g/mol. The molecule has 0 aromatic heterocycles. The zero-order valence-electron chi connectivity index (χ0n) is 20.9. The first-order chi connectivity index (χ1) is 18.5. The van der Waals surface area contributed by atoms with E-state index in [1.165, 1.54) is 6.07 Å². The van der Waals surface area contributed by atoms with Gasteiger partial charge in [0, 0.05) is 17.1 Å². The standard InChI is InChI=1S/C30H29ClN2O5/c1-37-30-12-10-25(17-26(30)21-3-2-4-23(31)15-21)38-24-8-5-20(6-9-24)13-14-32-18-29(36)22-7-11-28(35)27(16-22)33-19-34/h2-12,15-17,19,29,32,35-36H,13-14,18H2,1H3,(H,33,34). The number of aliphatic hydroxyl groups is 1. The second-order valence-corrected chi connectivity index (χ2v) is 9.06. The number of methoxy groups -OCH3 is 1. The van der Waals surface area contributed by atoms with Crippen molar-refractivity contribution in [2.24, 2.45) is 0 Å². The largest absolute Gasteiger partial charge is 0.506 e. The first kappa shape index (κ1) is 27.0. The minimum Gasteiger partial charge on any atom is -0.506 e. The van der Waals surface area contributed by atoms with Crippen LogP contribution in [0.25, 0.3) is 11.1 Å². The van der Waals surface area contributed by atoms with Gasteiger partial charge in [-0.25, -0.2) is 0 Å². The molecule has 4 aromatic carbocycles. The van der Waals surface area contributed by atoms with E-state index in [0.29, 0.717) is 41.6 Å². The summed E-state index contributed by atoms with van der Waals surface area (Å²) < 4.78 is 11.6. The molecular weight excluding hydrogens is 504 g/mol. The van der Waals surface area contributed by atoms with Crippen molar-refractivity contribution >= 4 is 23.7 Å². The Balaban J connectivity index is 1.31. The van der Waals surface area contributed by atoms with E-state index in [1.54, 1.807) is 19.2 Å². The fourth-order valence-corrected chi connectivity index (χ4v) is 4.21. The molecule has 1 atom stereocenters. The number of aliphatic hydroxyl groups excluding tert-OH is 1. The number of halogens is 1. The van der Waals surface area contributed by atoms with E-state index in [0.717, 1.165) is 28.9 Å². The number of anilines is 1. The van der Waals surface area contributed by atoms with Crippen LogP contribution in [0.1, 0.15) is 17.2 Å². The zero-order valence-corrected chi connectivity index (χ0v) is 21.6. The number of amides is 1. The number of benzene rings is 4. The Morgan fingerprint density at radius 3 is 2.50 bits per heavy atom. The maximum Gasteiger partial charge on any atom is 0.211 e. The third-order valence-electron chi connectivity index (χ3n) is 6.01. The van der Waals surface area contributed by atoms with Crippen LogP contribution in [-0.4, -0.2) is 36.8 Å². The van der Waals surface area contributed by atoms with Gasteiger partial charge in [0.15, 0.2) is 0 Å². The number of hydrogen-bond acceptors (Lipinski definition) is 6. The van der Waals surface area contributed by atoms with Crippen LogP contribution >= 0.6 is 11.6 Å². The fourth-order valence-electron chi connectivity index (χ4n) is 4.02. The van der Waals surface area contributed by atoms with Crippen LogP contribution in [0.5, 0.6) is 23.0 Å². The summed E-state index contributed by atoms with van der Waals surface area (Å²) in [6, 6.07) is 25.7. The Morgan fingerprint density at radius 1 is 0.974 bits per heavy atom. The molecule has 0 bridgehead atoms. The molecule has 38 heavy (non-hydrogen) atoms. The van der Waals surface area contributed by atoms with Crippen LogP contribution in [0.2, 0.25) is 5.02 Å². The van der Waals surface area contributed by atoms with Gasteiger partial charge in [-0.3, -0.25) is 4.79 Å². The molecule has 0 fully saturated rings. The highest BCUT2D eigenvalue weighted by Gasteiger charge is 2.11. The van der Waals surface area contributed by atoms with Crippen LogP contribution < -0.4 is 20.1 Å². The molecule has 0 aliphatic rings. The molecule has 4 rings (SSSR count). The summed E-state index contributed by atoms with van der Waals surface area (Å²) >= 11 is 6.17. The fraction of sp³-hybridized carbons (Fsp3) is 0.167. The van der Waals surface area contributed by atoms with Crippen LogP contribution in [0.15, 0.2) is 84.9 Å². The average Bonchev–Trinajstić information content (AvgIpc) is 2.93. The zero-order chi connectivity index (χ0) is 26.9. The predicted molar refractivity (Wildman–Crippen MR) is 149 cm³/mol. The molecule has 196 valence electrons. The summed E-state index contributed by atoms with van der Waals surface area (Å²) in [5, 5.41) is 26.5. The predicted octanol–water partition coefficient (Wildman–Crippen LogP) is 5.95. The minimum absolute atomic E-state index is 0.0537. The molecule has 1 unspecified atom stereocenters. The summed E-state index contributed by atoms with van der Waals surface area (Å²) in [6.07, 6.45) is 0.469. The number of carbonyl (C=O) groups excluding carboxylic acids is 1. The summed E-state index contributed by atoms with van der Waals surface area (Å²) in [7, 11) is 1.63. The highest BCUT2D eigenvalue weighted by Crippen LogP contribution is 2.36. The smallest absolute Gasteiger partial charge is 0.211 e. The van der Waals surface area contributed by atoms with E-state index in [2.05, 4.69) is 10.6 Å². The van der Waals surface area contributed by atoms with Gasteiger partial charge in [-0.05, 0) is 84.3 Å². The van der Waals surface area contributed by atoms with E-state index >= 15 is 0 Å². The molecule has 0 spiro atoms. The minimum atomic E-state index is -0.778. The van der Waals surface area contributed by atoms with Crippen molar-refractivity contribution in [1.82, 2.24) is 5.32 Å². The molecule has 0 saturated carbocycles. The summed E-state index contributed by atoms with van der Waals surface area (Å²) in [5.41, 5.74) is 3.81. The van der Waals surface area contributed by atoms with Crippen molar-refractivity contribution in [3.05, 3.63) is 101 Å². The van der Waals surface area contributed by atoms with Crippen LogP contribution in [-0.2, 0) is 11.2 Å². The van der Waals surface area contributed by atoms with Gasteiger partial charge in [0.25, 0.3) is 0 Å². The topological polar surface area (TPSA) is 100 Å². The number of phenolic OH excluding ortho intramolecular Hbond substituents is 1. The lowest BCUT2D eigenvalue weighted by Crippen LogP contribution is -2.23. The number of hydrogen-bond donors (Lipinski definition) is 4. The van der Waals surface area contributed by atoms with Crippen molar-refractivity contribution in [3.8, 4) is 34.1 Å². The molecule has 0 heterocycles. The van der Waals surface area contributed by atoms with Crippen molar-refractivity contribution in [3.63, 3.8) is 0 Å². The SMILES string of the molecule is COc1ccc(Oc2ccc(CCNCC(O)c3ccc(O)c(NC=O)c3)cc2)cc1-c1cccc(Cl)c1. The van der Waals surface area contributed by atoms with Crippen molar-refractivity contribution < 1.29 is 24.5 Å². The van der Waals surface area contributed by atoms with E-state index in [9.17, 15) is 15.0 Å². The number of ether oxygens (including phenoxy) is 2. The van der Waals surface area contributed by atoms with Gasteiger partial charge >= 0.3 is 0 Å². The van der Waals surface area contributed by atoms with Gasteiger partial charge in [0.05, 0.1) is 18.9 Å². The number of aromatic hydroxyl groups is 1. The van der Waals surface area contributed by atoms with Gasteiger partial charge in [-0.2, -0.15) is 0 Å². The molecule has 4 aromatic rings. The lowest BCUT2D eigenvalue weighted by molar-refractivity contribution is -0.105. The maximum absolute atomic E-state index is 10.7. The highest BCUT2D eigenvalue weighted by molar-refractivity contribution is 6.30. The normalized spacial score (nSPS) is 11.6. The molecule has 0 aliphatic heterocycles. The number of carbonyl (C=O) groups is 1. The van der Waals surface area contributed by atoms with Crippen molar-refractivity contribution in [1.29, 1.82) is 0 Å².